The van der Waals surface area contributed by atoms with E-state index >= 15 is 0 Å². The Bertz CT molecular complexity index is 405. The van der Waals surface area contributed by atoms with Crippen LogP contribution in [-0.2, 0) is 11.8 Å². The number of aryl methyl sites for hydroxylation is 1. The number of hydrogen-bond acceptors (Lipinski definition) is 5. The fourth-order valence-corrected chi connectivity index (χ4v) is 1.29. The van der Waals surface area contributed by atoms with Gasteiger partial charge in [-0.15, -0.1) is 0 Å². The Morgan fingerprint density at radius 3 is 3.07 bits per heavy atom. The summed E-state index contributed by atoms with van der Waals surface area (Å²) in [6.45, 7) is 0. The van der Waals surface area contributed by atoms with Gasteiger partial charge >= 0.3 is 5.97 Å². The van der Waals surface area contributed by atoms with Crippen LogP contribution in [0.15, 0.2) is 6.20 Å². The molecule has 15 heavy (non-hydrogen) atoms. The summed E-state index contributed by atoms with van der Waals surface area (Å²) in [6.07, 6.45) is 0.183. The monoisotopic (exact) mass is 209 g/mol. The molecule has 6 heteroatoms. The van der Waals surface area contributed by atoms with E-state index in [1.807, 2.05) is 6.07 Å². The highest BCUT2D eigenvalue weighted by atomic mass is 16.5. The summed E-state index contributed by atoms with van der Waals surface area (Å²) in [5.74, 6) is -0.574. The number of nitriles is 1. The van der Waals surface area contributed by atoms with Gasteiger partial charge in [0.15, 0.2) is 0 Å². The molecule has 0 saturated carbocycles. The van der Waals surface area contributed by atoms with Gasteiger partial charge in [-0.1, -0.05) is 0 Å². The Morgan fingerprint density at radius 1 is 1.87 bits per heavy atom. The van der Waals surface area contributed by atoms with Gasteiger partial charge < -0.3 is 9.84 Å². The van der Waals surface area contributed by atoms with Gasteiger partial charge in [-0.05, 0) is 0 Å². The molecule has 0 bridgehead atoms. The van der Waals surface area contributed by atoms with Gasteiger partial charge in [-0.3, -0.25) is 4.68 Å². The molecule has 0 spiro atoms. The molecule has 1 N–H and O–H groups in total. The third-order valence-electron chi connectivity index (χ3n) is 1.99. The van der Waals surface area contributed by atoms with Crippen LogP contribution < -0.4 is 0 Å². The fourth-order valence-electron chi connectivity index (χ4n) is 1.29. The lowest BCUT2D eigenvalue weighted by molar-refractivity contribution is 0.0592. The minimum atomic E-state index is -1.03. The van der Waals surface area contributed by atoms with Crippen molar-refractivity contribution in [1.29, 1.82) is 5.26 Å². The second-order valence-corrected chi connectivity index (χ2v) is 2.94. The maximum absolute atomic E-state index is 11.3. The van der Waals surface area contributed by atoms with Crippen molar-refractivity contribution in [2.24, 2.45) is 7.05 Å². The van der Waals surface area contributed by atoms with Crippen LogP contribution in [0.25, 0.3) is 0 Å². The molecular formula is C9H11N3O3. The summed E-state index contributed by atoms with van der Waals surface area (Å²) in [5.41, 5.74) is 0.478. The predicted octanol–water partition coefficient (Wildman–Crippen LogP) is 0.154. The van der Waals surface area contributed by atoms with E-state index in [4.69, 9.17) is 5.26 Å². The van der Waals surface area contributed by atoms with Crippen molar-refractivity contribution in [3.63, 3.8) is 0 Å². The first kappa shape index (κ1) is 11.2. The second kappa shape index (κ2) is 4.57. The molecule has 0 amide bonds. The van der Waals surface area contributed by atoms with Gasteiger partial charge in [-0.2, -0.15) is 10.4 Å². The molecule has 0 aliphatic carbocycles. The number of rotatable bonds is 3. The van der Waals surface area contributed by atoms with Crippen molar-refractivity contribution < 1.29 is 14.6 Å². The number of aromatic nitrogens is 2. The maximum atomic E-state index is 11.3. The number of nitrogens with zero attached hydrogens (tertiary/aromatic N) is 3. The minimum Gasteiger partial charge on any atom is -0.465 e. The van der Waals surface area contributed by atoms with Crippen LogP contribution in [0.2, 0.25) is 0 Å². The molecule has 80 valence electrons. The number of methoxy groups -OCH3 is 1. The summed E-state index contributed by atoms with van der Waals surface area (Å²) in [4.78, 5) is 11.3. The summed E-state index contributed by atoms with van der Waals surface area (Å²) in [6, 6.07) is 1.82. The SMILES string of the molecule is COC(=O)c1cnn(C)c1C(O)CC#N. The molecule has 1 atom stereocenters. The molecular weight excluding hydrogens is 198 g/mol. The molecule has 6 nitrogen and oxygen atoms in total. The van der Waals surface area contributed by atoms with Crippen molar-refractivity contribution >= 4 is 5.97 Å². The topological polar surface area (TPSA) is 88.1 Å². The number of hydrogen-bond donors (Lipinski definition) is 1. The van der Waals surface area contributed by atoms with E-state index in [1.165, 1.54) is 18.0 Å². The Balaban J connectivity index is 3.10. The lowest BCUT2D eigenvalue weighted by Gasteiger charge is -2.08. The second-order valence-electron chi connectivity index (χ2n) is 2.94. The van der Waals surface area contributed by atoms with Gasteiger partial charge in [0.05, 0.1) is 31.5 Å². The summed E-state index contributed by atoms with van der Waals surface area (Å²) in [5, 5.41) is 21.9. The highest BCUT2D eigenvalue weighted by molar-refractivity contribution is 5.90. The van der Waals surface area contributed by atoms with E-state index in [-0.39, 0.29) is 12.0 Å². The van der Waals surface area contributed by atoms with Crippen LogP contribution in [-0.4, -0.2) is 28.0 Å². The normalized spacial score (nSPS) is 11.9. The molecule has 1 aromatic heterocycles. The highest BCUT2D eigenvalue weighted by Gasteiger charge is 2.22. The van der Waals surface area contributed by atoms with Crippen molar-refractivity contribution in [2.45, 2.75) is 12.5 Å². The maximum Gasteiger partial charge on any atom is 0.341 e. The van der Waals surface area contributed by atoms with Crippen LogP contribution in [0.5, 0.6) is 0 Å². The first-order chi connectivity index (χ1) is 7.11. The zero-order chi connectivity index (χ0) is 11.4. The zero-order valence-electron chi connectivity index (χ0n) is 8.47. The van der Waals surface area contributed by atoms with Gasteiger partial charge in [0.1, 0.15) is 11.7 Å². The smallest absolute Gasteiger partial charge is 0.341 e. The van der Waals surface area contributed by atoms with Crippen LogP contribution in [0.4, 0.5) is 0 Å². The number of ether oxygens (including phenoxy) is 1. The lowest BCUT2D eigenvalue weighted by Crippen LogP contribution is -2.11. The van der Waals surface area contributed by atoms with Gasteiger partial charge in [-0.25, -0.2) is 4.79 Å². The van der Waals surface area contributed by atoms with Gasteiger partial charge in [0.25, 0.3) is 0 Å². The Labute approximate surface area is 86.7 Å². The molecule has 0 radical (unpaired) electrons. The van der Waals surface area contributed by atoms with Crippen LogP contribution in [0.1, 0.15) is 28.6 Å². The summed E-state index contributed by atoms with van der Waals surface area (Å²) in [7, 11) is 2.83. The average Bonchev–Trinajstić information content (AvgIpc) is 2.59. The predicted molar refractivity (Wildman–Crippen MR) is 49.7 cm³/mol. The third kappa shape index (κ3) is 2.14. The molecule has 1 aromatic rings. The first-order valence-electron chi connectivity index (χ1n) is 4.27. The molecule has 0 saturated heterocycles. The van der Waals surface area contributed by atoms with E-state index in [1.54, 1.807) is 7.05 Å². The molecule has 0 aromatic carbocycles. The standard InChI is InChI=1S/C9H11N3O3/c1-12-8(7(13)3-4-10)6(5-11-12)9(14)15-2/h5,7,13H,3H2,1-2H3. The summed E-state index contributed by atoms with van der Waals surface area (Å²) < 4.78 is 5.89. The molecule has 0 aliphatic rings. The largest absolute Gasteiger partial charge is 0.465 e. The van der Waals surface area contributed by atoms with Crippen molar-refractivity contribution in [1.82, 2.24) is 9.78 Å². The number of carbonyl (C=O) groups is 1. The van der Waals surface area contributed by atoms with Crippen LogP contribution >= 0.6 is 0 Å². The van der Waals surface area contributed by atoms with E-state index < -0.39 is 12.1 Å². The number of carbonyl (C=O) groups excluding carboxylic acids is 1. The molecule has 0 aliphatic heterocycles. The number of esters is 1. The lowest BCUT2D eigenvalue weighted by atomic mass is 10.1. The van der Waals surface area contributed by atoms with E-state index in [2.05, 4.69) is 9.84 Å². The Kier molecular flexibility index (Phi) is 3.42. The fraction of sp³-hybridized carbons (Fsp3) is 0.444. The Hall–Kier alpha value is -1.87. The highest BCUT2D eigenvalue weighted by Crippen LogP contribution is 2.20. The van der Waals surface area contributed by atoms with E-state index in [0.29, 0.717) is 5.69 Å². The number of aliphatic hydroxyl groups excluding tert-OH is 1. The number of aliphatic hydroxyl groups is 1. The molecule has 1 heterocycles. The van der Waals surface area contributed by atoms with Gasteiger partial charge in [0.2, 0.25) is 0 Å². The quantitative estimate of drug-likeness (QED) is 0.716. The van der Waals surface area contributed by atoms with Crippen molar-refractivity contribution in [2.75, 3.05) is 7.11 Å². The molecule has 1 rings (SSSR count). The Morgan fingerprint density at radius 2 is 2.53 bits per heavy atom. The van der Waals surface area contributed by atoms with Gasteiger partial charge in [0, 0.05) is 7.05 Å². The average molecular weight is 209 g/mol. The molecule has 1 unspecified atom stereocenters. The van der Waals surface area contributed by atoms with E-state index in [9.17, 15) is 9.90 Å². The van der Waals surface area contributed by atoms with Crippen LogP contribution in [0, 0.1) is 11.3 Å². The zero-order valence-corrected chi connectivity index (χ0v) is 8.47. The minimum absolute atomic E-state index is 0.0937. The van der Waals surface area contributed by atoms with Crippen LogP contribution in [0.3, 0.4) is 0 Å². The van der Waals surface area contributed by atoms with E-state index in [0.717, 1.165) is 0 Å². The third-order valence-corrected chi connectivity index (χ3v) is 1.99. The first-order valence-corrected chi connectivity index (χ1v) is 4.27. The van der Waals surface area contributed by atoms with Crippen molar-refractivity contribution in [3.05, 3.63) is 17.5 Å². The van der Waals surface area contributed by atoms with Crippen molar-refractivity contribution in [3.8, 4) is 6.07 Å². The summed E-state index contributed by atoms with van der Waals surface area (Å²) >= 11 is 0. The molecule has 0 fully saturated rings.